The van der Waals surface area contributed by atoms with Crippen LogP contribution in [0.3, 0.4) is 0 Å². The maximum Gasteiger partial charge on any atom is 0.134 e. The highest BCUT2D eigenvalue weighted by Gasteiger charge is 2.19. The zero-order chi connectivity index (χ0) is 13.8. The molecule has 20 heavy (non-hydrogen) atoms. The summed E-state index contributed by atoms with van der Waals surface area (Å²) in [4.78, 5) is 9.45. The lowest BCUT2D eigenvalue weighted by Gasteiger charge is -2.10. The Morgan fingerprint density at radius 2 is 1.95 bits per heavy atom. The second-order valence-corrected chi connectivity index (χ2v) is 5.91. The van der Waals surface area contributed by atoms with Gasteiger partial charge in [0.15, 0.2) is 0 Å². The normalized spacial score (nSPS) is 13.2. The largest absolute Gasteiger partial charge is 0.370 e. The minimum Gasteiger partial charge on any atom is -0.370 e. The van der Waals surface area contributed by atoms with E-state index < -0.39 is 0 Å². The van der Waals surface area contributed by atoms with Crippen molar-refractivity contribution < 1.29 is 0 Å². The highest BCUT2D eigenvalue weighted by Crippen LogP contribution is 2.32. The van der Waals surface area contributed by atoms with E-state index >= 15 is 0 Å². The molecular formula is C16H19N3S. The van der Waals surface area contributed by atoms with Crippen LogP contribution in [-0.4, -0.2) is 16.5 Å². The Morgan fingerprint density at radius 3 is 2.75 bits per heavy atom. The molecule has 2 heterocycles. The van der Waals surface area contributed by atoms with Gasteiger partial charge in [-0.05, 0) is 18.9 Å². The Morgan fingerprint density at radius 1 is 1.10 bits per heavy atom. The zero-order valence-electron chi connectivity index (χ0n) is 11.7. The highest BCUT2D eigenvalue weighted by molar-refractivity contribution is 7.98. The fourth-order valence-corrected chi connectivity index (χ4v) is 3.47. The lowest BCUT2D eigenvalue weighted by molar-refractivity contribution is 0.840. The zero-order valence-corrected chi connectivity index (χ0v) is 12.5. The number of anilines is 1. The second kappa shape index (κ2) is 6.27. The highest BCUT2D eigenvalue weighted by atomic mass is 32.2. The molecule has 0 atom stereocenters. The van der Waals surface area contributed by atoms with E-state index in [0.29, 0.717) is 0 Å². The van der Waals surface area contributed by atoms with Crippen molar-refractivity contribution in [1.82, 2.24) is 9.97 Å². The van der Waals surface area contributed by atoms with E-state index in [1.807, 2.05) is 11.8 Å². The number of aromatic nitrogens is 2. The number of nitrogens with zero attached hydrogens (tertiary/aromatic N) is 2. The SMILES string of the molecule is CCNc1nc(CCc2ccccc2)nc2c1CSC2. The third-order valence-electron chi connectivity index (χ3n) is 3.45. The van der Waals surface area contributed by atoms with E-state index in [2.05, 4.69) is 42.6 Å². The summed E-state index contributed by atoms with van der Waals surface area (Å²) in [6, 6.07) is 10.5. The van der Waals surface area contributed by atoms with E-state index in [1.54, 1.807) is 0 Å². The van der Waals surface area contributed by atoms with Crippen LogP contribution in [-0.2, 0) is 24.3 Å². The van der Waals surface area contributed by atoms with E-state index in [9.17, 15) is 0 Å². The van der Waals surface area contributed by atoms with Crippen LogP contribution in [0.2, 0.25) is 0 Å². The van der Waals surface area contributed by atoms with Crippen molar-refractivity contribution in [3.63, 3.8) is 0 Å². The van der Waals surface area contributed by atoms with Crippen LogP contribution in [0.15, 0.2) is 30.3 Å². The van der Waals surface area contributed by atoms with Gasteiger partial charge in [0.25, 0.3) is 0 Å². The molecule has 0 fully saturated rings. The van der Waals surface area contributed by atoms with E-state index in [4.69, 9.17) is 9.97 Å². The van der Waals surface area contributed by atoms with Crippen LogP contribution in [0, 0.1) is 0 Å². The summed E-state index contributed by atoms with van der Waals surface area (Å²) < 4.78 is 0. The van der Waals surface area contributed by atoms with Gasteiger partial charge in [-0.1, -0.05) is 30.3 Å². The number of hydrogen-bond acceptors (Lipinski definition) is 4. The van der Waals surface area contributed by atoms with Gasteiger partial charge >= 0.3 is 0 Å². The Kier molecular flexibility index (Phi) is 4.21. The summed E-state index contributed by atoms with van der Waals surface area (Å²) in [6.07, 6.45) is 1.90. The quantitative estimate of drug-likeness (QED) is 0.913. The van der Waals surface area contributed by atoms with Gasteiger partial charge < -0.3 is 5.32 Å². The topological polar surface area (TPSA) is 37.8 Å². The Labute approximate surface area is 124 Å². The fraction of sp³-hybridized carbons (Fsp3) is 0.375. The van der Waals surface area contributed by atoms with Crippen LogP contribution in [0.25, 0.3) is 0 Å². The van der Waals surface area contributed by atoms with Crippen molar-refractivity contribution in [2.45, 2.75) is 31.3 Å². The number of rotatable bonds is 5. The lowest BCUT2D eigenvalue weighted by Crippen LogP contribution is -2.09. The van der Waals surface area contributed by atoms with Gasteiger partial charge in [-0.2, -0.15) is 11.8 Å². The van der Waals surface area contributed by atoms with Crippen molar-refractivity contribution in [3.8, 4) is 0 Å². The molecule has 0 amide bonds. The van der Waals surface area contributed by atoms with Crippen LogP contribution >= 0.6 is 11.8 Å². The number of thioether (sulfide) groups is 1. The molecule has 1 N–H and O–H groups in total. The molecule has 0 saturated heterocycles. The molecule has 1 aromatic heterocycles. The van der Waals surface area contributed by atoms with E-state index in [1.165, 1.54) is 16.8 Å². The predicted molar refractivity (Wildman–Crippen MR) is 85.0 cm³/mol. The van der Waals surface area contributed by atoms with Gasteiger partial charge in [0.05, 0.1) is 5.69 Å². The molecule has 3 nitrogen and oxygen atoms in total. The van der Waals surface area contributed by atoms with Gasteiger partial charge in [-0.15, -0.1) is 0 Å². The van der Waals surface area contributed by atoms with Gasteiger partial charge in [-0.25, -0.2) is 9.97 Å². The third-order valence-corrected chi connectivity index (χ3v) is 4.42. The average Bonchev–Trinajstić information content (AvgIpc) is 2.95. The fourth-order valence-electron chi connectivity index (χ4n) is 2.43. The van der Waals surface area contributed by atoms with Crippen LogP contribution in [0.4, 0.5) is 5.82 Å². The summed E-state index contributed by atoms with van der Waals surface area (Å²) in [6.45, 7) is 3.02. The van der Waals surface area contributed by atoms with Crippen LogP contribution in [0.5, 0.6) is 0 Å². The number of fused-ring (bicyclic) bond motifs is 1. The van der Waals surface area contributed by atoms with Crippen molar-refractivity contribution in [3.05, 3.63) is 53.0 Å². The first-order valence-corrected chi connectivity index (χ1v) is 8.26. The van der Waals surface area contributed by atoms with Gasteiger partial charge in [-0.3, -0.25) is 0 Å². The Balaban J connectivity index is 1.78. The van der Waals surface area contributed by atoms with Gasteiger partial charge in [0.2, 0.25) is 0 Å². The number of benzene rings is 1. The first kappa shape index (κ1) is 13.4. The standard InChI is InChI=1S/C16H19N3S/c1-2-17-16-13-10-20-11-14(13)18-15(19-16)9-8-12-6-4-3-5-7-12/h3-7H,2,8-11H2,1H3,(H,17,18,19). The molecule has 4 heteroatoms. The Hall–Kier alpha value is -1.55. The Bertz CT molecular complexity index is 584. The summed E-state index contributed by atoms with van der Waals surface area (Å²) in [5, 5.41) is 3.38. The maximum atomic E-state index is 4.74. The van der Waals surface area contributed by atoms with Crippen molar-refractivity contribution >= 4 is 17.6 Å². The monoisotopic (exact) mass is 285 g/mol. The van der Waals surface area contributed by atoms with Gasteiger partial charge in [0.1, 0.15) is 11.6 Å². The number of nitrogens with one attached hydrogen (secondary N) is 1. The van der Waals surface area contributed by atoms with Crippen LogP contribution in [0.1, 0.15) is 29.6 Å². The van der Waals surface area contributed by atoms with Crippen molar-refractivity contribution in [2.75, 3.05) is 11.9 Å². The molecule has 1 aliphatic heterocycles. The molecule has 3 rings (SSSR count). The first-order chi connectivity index (χ1) is 9.86. The molecule has 0 bridgehead atoms. The molecular weight excluding hydrogens is 266 g/mol. The third kappa shape index (κ3) is 2.96. The van der Waals surface area contributed by atoms with E-state index in [0.717, 1.165) is 42.5 Å². The summed E-state index contributed by atoms with van der Waals surface area (Å²) in [5.74, 6) is 4.07. The summed E-state index contributed by atoms with van der Waals surface area (Å²) >= 11 is 1.92. The van der Waals surface area contributed by atoms with Crippen molar-refractivity contribution in [2.24, 2.45) is 0 Å². The number of aryl methyl sites for hydroxylation is 2. The smallest absolute Gasteiger partial charge is 0.134 e. The first-order valence-electron chi connectivity index (χ1n) is 7.11. The summed E-state index contributed by atoms with van der Waals surface area (Å²) in [7, 11) is 0. The van der Waals surface area contributed by atoms with Crippen molar-refractivity contribution in [1.29, 1.82) is 0 Å². The van der Waals surface area contributed by atoms with Gasteiger partial charge in [0, 0.05) is 30.0 Å². The minimum atomic E-state index is 0.903. The lowest BCUT2D eigenvalue weighted by atomic mass is 10.1. The van der Waals surface area contributed by atoms with E-state index in [-0.39, 0.29) is 0 Å². The second-order valence-electron chi connectivity index (χ2n) is 4.92. The average molecular weight is 285 g/mol. The molecule has 1 aromatic carbocycles. The molecule has 0 radical (unpaired) electrons. The summed E-state index contributed by atoms with van der Waals surface area (Å²) in [5.41, 5.74) is 3.88. The molecule has 0 aliphatic carbocycles. The predicted octanol–water partition coefficient (Wildman–Crippen LogP) is 3.44. The molecule has 2 aromatic rings. The molecule has 0 unspecified atom stereocenters. The molecule has 104 valence electrons. The maximum absolute atomic E-state index is 4.74. The molecule has 0 saturated carbocycles. The number of hydrogen-bond donors (Lipinski definition) is 1. The van der Waals surface area contributed by atoms with Crippen LogP contribution < -0.4 is 5.32 Å². The molecule has 0 spiro atoms. The minimum absolute atomic E-state index is 0.903. The molecule has 1 aliphatic rings.